The number of urea groups is 1. The zero-order valence-electron chi connectivity index (χ0n) is 16.9. The fourth-order valence-corrected chi connectivity index (χ4v) is 3.36. The maximum Gasteiger partial charge on any atom is 0.407 e. The molecular weight excluding hydrogens is 376 g/mol. The summed E-state index contributed by atoms with van der Waals surface area (Å²) in [7, 11) is 0. The van der Waals surface area contributed by atoms with Gasteiger partial charge in [0.1, 0.15) is 11.6 Å². The molecule has 0 spiro atoms. The van der Waals surface area contributed by atoms with Crippen molar-refractivity contribution in [3.8, 4) is 0 Å². The first kappa shape index (κ1) is 20.7. The van der Waals surface area contributed by atoms with Gasteiger partial charge in [-0.1, -0.05) is 18.2 Å². The van der Waals surface area contributed by atoms with Crippen LogP contribution in [0, 0.1) is 0 Å². The Hall–Kier alpha value is -3.07. The molecule has 1 aromatic carbocycles. The Morgan fingerprint density at radius 3 is 2.52 bits per heavy atom. The molecule has 4 amide bonds. The van der Waals surface area contributed by atoms with E-state index in [2.05, 4.69) is 10.6 Å². The lowest BCUT2D eigenvalue weighted by Gasteiger charge is -2.29. The van der Waals surface area contributed by atoms with E-state index in [-0.39, 0.29) is 12.5 Å². The largest absolute Gasteiger partial charge is 0.444 e. The van der Waals surface area contributed by atoms with E-state index in [1.165, 1.54) is 4.90 Å². The Morgan fingerprint density at radius 1 is 1.24 bits per heavy atom. The quantitative estimate of drug-likeness (QED) is 0.529. The molecule has 2 aliphatic heterocycles. The summed E-state index contributed by atoms with van der Waals surface area (Å²) in [6.45, 7) is 7.72. The second-order valence-corrected chi connectivity index (χ2v) is 8.20. The van der Waals surface area contributed by atoms with Crippen LogP contribution in [0.25, 0.3) is 0 Å². The van der Waals surface area contributed by atoms with Gasteiger partial charge in [-0.25, -0.2) is 9.59 Å². The molecule has 0 aliphatic carbocycles. The molecule has 2 aliphatic rings. The zero-order chi connectivity index (χ0) is 21.3. The van der Waals surface area contributed by atoms with Gasteiger partial charge in [0.25, 0.3) is 5.91 Å². The fraction of sp³-hybridized carbons (Fsp3) is 0.450. The number of carbonyl (C=O) groups excluding carboxylic acids is 3. The van der Waals surface area contributed by atoms with Gasteiger partial charge in [0.15, 0.2) is 0 Å². The van der Waals surface area contributed by atoms with E-state index >= 15 is 0 Å². The molecule has 0 unspecified atom stereocenters. The number of hydroxylamine groups is 2. The first-order valence-corrected chi connectivity index (χ1v) is 9.39. The monoisotopic (exact) mass is 402 g/mol. The van der Waals surface area contributed by atoms with Crippen LogP contribution in [0.2, 0.25) is 0 Å². The van der Waals surface area contributed by atoms with Gasteiger partial charge < -0.3 is 20.3 Å². The van der Waals surface area contributed by atoms with Crippen molar-refractivity contribution >= 4 is 23.7 Å². The van der Waals surface area contributed by atoms with Gasteiger partial charge >= 0.3 is 12.1 Å². The van der Waals surface area contributed by atoms with Crippen LogP contribution in [-0.4, -0.2) is 57.4 Å². The molecule has 3 N–H and O–H groups in total. The van der Waals surface area contributed by atoms with Gasteiger partial charge in [-0.3, -0.25) is 10.0 Å². The van der Waals surface area contributed by atoms with E-state index in [0.29, 0.717) is 22.9 Å². The molecule has 9 heteroatoms. The molecule has 2 atom stereocenters. The number of anilines is 1. The summed E-state index contributed by atoms with van der Waals surface area (Å²) in [5, 5.41) is 15.9. The summed E-state index contributed by atoms with van der Waals surface area (Å²) < 4.78 is 5.19. The summed E-state index contributed by atoms with van der Waals surface area (Å²) >= 11 is 0. The Morgan fingerprint density at radius 2 is 1.90 bits per heavy atom. The average Bonchev–Trinajstić information content (AvgIpc) is 2.84. The summed E-state index contributed by atoms with van der Waals surface area (Å²) in [6, 6.07) is 5.25. The summed E-state index contributed by atoms with van der Waals surface area (Å²) in [5.74, 6) is -0.347. The predicted molar refractivity (Wildman–Crippen MR) is 105 cm³/mol. The van der Waals surface area contributed by atoms with Crippen LogP contribution in [0.1, 0.15) is 33.3 Å². The Bertz CT molecular complexity index is 843. The highest BCUT2D eigenvalue weighted by Gasteiger charge is 2.46. The molecule has 3 rings (SSSR count). The fourth-order valence-electron chi connectivity index (χ4n) is 3.36. The lowest BCUT2D eigenvalue weighted by atomic mass is 10.00. The smallest absolute Gasteiger partial charge is 0.407 e. The van der Waals surface area contributed by atoms with E-state index in [9.17, 15) is 19.6 Å². The van der Waals surface area contributed by atoms with Crippen LogP contribution in [0.15, 0.2) is 35.9 Å². The molecule has 29 heavy (non-hydrogen) atoms. The number of hydrogen-bond donors (Lipinski definition) is 3. The third-order valence-electron chi connectivity index (χ3n) is 4.64. The molecule has 1 aromatic rings. The topological polar surface area (TPSA) is 111 Å². The first-order valence-electron chi connectivity index (χ1n) is 9.39. The summed E-state index contributed by atoms with van der Waals surface area (Å²) in [5.41, 5.74) is 1.56. The van der Waals surface area contributed by atoms with E-state index in [0.717, 1.165) is 5.56 Å². The second kappa shape index (κ2) is 7.75. The summed E-state index contributed by atoms with van der Waals surface area (Å²) in [4.78, 5) is 37.9. The number of hydrogen-bond acceptors (Lipinski definition) is 5. The molecule has 0 saturated carbocycles. The van der Waals surface area contributed by atoms with Crippen molar-refractivity contribution in [1.82, 2.24) is 15.3 Å². The van der Waals surface area contributed by atoms with Crippen molar-refractivity contribution in [2.75, 3.05) is 11.9 Å². The number of benzene rings is 1. The van der Waals surface area contributed by atoms with E-state index < -0.39 is 29.8 Å². The molecule has 0 radical (unpaired) electrons. The maximum atomic E-state index is 12.7. The van der Waals surface area contributed by atoms with Crippen LogP contribution in [0.3, 0.4) is 0 Å². The van der Waals surface area contributed by atoms with Crippen molar-refractivity contribution in [3.63, 3.8) is 0 Å². The SMILES string of the molecule is CC1=C[C@@H]2CN(C(=O)N2O)[C@@H]1C(=O)Nc1ccc(CNC(=O)OC(C)(C)C)cc1. The molecule has 1 fully saturated rings. The van der Waals surface area contributed by atoms with Gasteiger partial charge in [0.05, 0.1) is 12.6 Å². The first-order chi connectivity index (χ1) is 13.5. The van der Waals surface area contributed by atoms with Gasteiger partial charge in [0, 0.05) is 12.2 Å². The van der Waals surface area contributed by atoms with Crippen molar-refractivity contribution in [2.45, 2.75) is 51.9 Å². The minimum atomic E-state index is -0.760. The van der Waals surface area contributed by atoms with E-state index in [1.807, 2.05) is 0 Å². The van der Waals surface area contributed by atoms with E-state index in [4.69, 9.17) is 4.74 Å². The number of alkyl carbamates (subject to hydrolysis) is 1. The standard InChI is InChI=1S/C20H26N4O5/c1-12-9-15-11-23(19(27)24(15)28)16(12)17(25)22-14-7-5-13(6-8-14)10-21-18(26)29-20(2,3)4/h5-9,15-16,28H,10-11H2,1-4H3,(H,21,26)(H,22,25)/t15-,16+/m1/s1. The molecule has 2 heterocycles. The molecule has 156 valence electrons. The predicted octanol–water partition coefficient (Wildman–Crippen LogP) is 2.47. The average molecular weight is 402 g/mol. The van der Waals surface area contributed by atoms with Gasteiger partial charge in [-0.15, -0.1) is 0 Å². The molecule has 0 aromatic heterocycles. The Balaban J connectivity index is 1.58. The lowest BCUT2D eigenvalue weighted by molar-refractivity contribution is -0.119. The highest BCUT2D eigenvalue weighted by atomic mass is 16.6. The van der Waals surface area contributed by atoms with Crippen LogP contribution < -0.4 is 10.6 Å². The highest BCUT2D eigenvalue weighted by Crippen LogP contribution is 2.28. The van der Waals surface area contributed by atoms with Crippen LogP contribution in [0.5, 0.6) is 0 Å². The summed E-state index contributed by atoms with van der Waals surface area (Å²) in [6.07, 6.45) is 1.23. The van der Waals surface area contributed by atoms with E-state index in [1.54, 1.807) is 58.0 Å². The third kappa shape index (κ3) is 4.68. The van der Waals surface area contributed by atoms with Crippen molar-refractivity contribution in [2.24, 2.45) is 0 Å². The number of rotatable bonds is 4. The third-order valence-corrected chi connectivity index (χ3v) is 4.64. The lowest BCUT2D eigenvalue weighted by Crippen LogP contribution is -2.47. The van der Waals surface area contributed by atoms with Crippen LogP contribution in [0.4, 0.5) is 15.3 Å². The number of carbonyl (C=O) groups is 3. The number of nitrogens with one attached hydrogen (secondary N) is 2. The minimum absolute atomic E-state index is 0.278. The van der Waals surface area contributed by atoms with Crippen molar-refractivity contribution in [1.29, 1.82) is 0 Å². The van der Waals surface area contributed by atoms with Gasteiger partial charge in [-0.05, 0) is 51.0 Å². The number of amides is 4. The Labute approximate surface area is 169 Å². The number of fused-ring (bicyclic) bond motifs is 2. The molecule has 9 nitrogen and oxygen atoms in total. The van der Waals surface area contributed by atoms with Gasteiger partial charge in [0.2, 0.25) is 0 Å². The maximum absolute atomic E-state index is 12.7. The second-order valence-electron chi connectivity index (χ2n) is 8.20. The Kier molecular flexibility index (Phi) is 5.52. The van der Waals surface area contributed by atoms with Crippen LogP contribution in [-0.2, 0) is 16.1 Å². The van der Waals surface area contributed by atoms with Crippen molar-refractivity contribution in [3.05, 3.63) is 41.5 Å². The highest BCUT2D eigenvalue weighted by molar-refractivity contribution is 6.00. The molecule has 2 bridgehead atoms. The molecular formula is C20H26N4O5. The van der Waals surface area contributed by atoms with Crippen molar-refractivity contribution < 1.29 is 24.3 Å². The number of ether oxygens (including phenoxy) is 1. The van der Waals surface area contributed by atoms with Crippen LogP contribution >= 0.6 is 0 Å². The van der Waals surface area contributed by atoms with Gasteiger partial charge in [-0.2, -0.15) is 5.06 Å². The normalized spacial score (nSPS) is 21.0. The zero-order valence-corrected chi connectivity index (χ0v) is 16.9. The number of nitrogens with zero attached hydrogens (tertiary/aromatic N) is 2. The molecule has 1 saturated heterocycles. The minimum Gasteiger partial charge on any atom is -0.444 e.